The summed E-state index contributed by atoms with van der Waals surface area (Å²) in [6.07, 6.45) is -0.484. The lowest BCUT2D eigenvalue weighted by Gasteiger charge is -2.17. The molecule has 1 unspecified atom stereocenters. The maximum atomic E-state index is 14.1. The summed E-state index contributed by atoms with van der Waals surface area (Å²) in [4.78, 5) is 13.0. The molecule has 2 aromatic carbocycles. The van der Waals surface area contributed by atoms with Crippen molar-refractivity contribution in [1.82, 2.24) is 0 Å². The zero-order valence-electron chi connectivity index (χ0n) is 16.3. The summed E-state index contributed by atoms with van der Waals surface area (Å²) >= 11 is 0. The highest BCUT2D eigenvalue weighted by molar-refractivity contribution is 6.12. The van der Waals surface area contributed by atoms with E-state index in [1.54, 1.807) is 6.92 Å². The first-order valence-corrected chi connectivity index (χ1v) is 9.15. The molecule has 2 rings (SSSR count). The van der Waals surface area contributed by atoms with Gasteiger partial charge in [-0.3, -0.25) is 4.79 Å². The number of aliphatic hydroxyl groups excluding tert-OH is 2. The van der Waals surface area contributed by atoms with Crippen LogP contribution in [-0.2, 0) is 17.6 Å². The highest BCUT2D eigenvalue weighted by Gasteiger charge is 2.24. The Labute approximate surface area is 168 Å². The molecular formula is C21H25FO7. The van der Waals surface area contributed by atoms with Crippen LogP contribution >= 0.6 is 0 Å². The predicted molar refractivity (Wildman–Crippen MR) is 103 cm³/mol. The van der Waals surface area contributed by atoms with Crippen LogP contribution in [0, 0.1) is 5.82 Å². The molecule has 0 aliphatic heterocycles. The molecule has 0 aromatic heterocycles. The zero-order valence-corrected chi connectivity index (χ0v) is 16.3. The minimum atomic E-state index is -1.03. The molecule has 0 bridgehead atoms. The lowest BCUT2D eigenvalue weighted by Crippen LogP contribution is -2.20. The van der Waals surface area contributed by atoms with E-state index in [0.717, 1.165) is 12.1 Å². The Hall–Kier alpha value is -2.68. The summed E-state index contributed by atoms with van der Waals surface area (Å²) in [6, 6.07) is 4.82. The first-order valence-electron chi connectivity index (χ1n) is 9.15. The minimum Gasteiger partial charge on any atom is -0.508 e. The van der Waals surface area contributed by atoms with E-state index in [1.165, 1.54) is 19.2 Å². The predicted octanol–water partition coefficient (Wildman–Crippen LogP) is 1.95. The van der Waals surface area contributed by atoms with Crippen molar-refractivity contribution >= 4 is 5.78 Å². The smallest absolute Gasteiger partial charge is 0.197 e. The molecule has 0 radical (unpaired) electrons. The third-order valence-corrected chi connectivity index (χ3v) is 4.52. The normalized spacial score (nSPS) is 12.0. The molecule has 7 nitrogen and oxygen atoms in total. The summed E-state index contributed by atoms with van der Waals surface area (Å²) in [5, 5.41) is 38.7. The van der Waals surface area contributed by atoms with Gasteiger partial charge in [0.15, 0.2) is 17.3 Å². The van der Waals surface area contributed by atoms with Crippen LogP contribution in [0.4, 0.5) is 4.39 Å². The van der Waals surface area contributed by atoms with E-state index in [-0.39, 0.29) is 42.3 Å². The number of hydrogen-bond donors (Lipinski definition) is 4. The number of rotatable bonds is 10. The minimum absolute atomic E-state index is 0.0122. The number of phenolic OH excluding ortho intramolecular Hbond substituents is 2. The summed E-state index contributed by atoms with van der Waals surface area (Å²) in [5.41, 5.74) is 0.816. The van der Waals surface area contributed by atoms with Crippen LogP contribution in [0.15, 0.2) is 24.3 Å². The number of carbonyl (C=O) groups is 1. The van der Waals surface area contributed by atoms with E-state index in [4.69, 9.17) is 14.6 Å². The molecule has 0 saturated heterocycles. The molecule has 0 aliphatic carbocycles. The van der Waals surface area contributed by atoms with Crippen LogP contribution in [0.3, 0.4) is 0 Å². The van der Waals surface area contributed by atoms with Crippen molar-refractivity contribution in [2.45, 2.75) is 25.9 Å². The molecule has 158 valence electrons. The lowest BCUT2D eigenvalue weighted by atomic mass is 9.90. The van der Waals surface area contributed by atoms with E-state index in [1.807, 2.05) is 0 Å². The van der Waals surface area contributed by atoms with Gasteiger partial charge >= 0.3 is 0 Å². The number of benzene rings is 2. The molecule has 4 N–H and O–H groups in total. The molecule has 0 fully saturated rings. The highest BCUT2D eigenvalue weighted by Crippen LogP contribution is 2.35. The van der Waals surface area contributed by atoms with Gasteiger partial charge in [-0.1, -0.05) is 6.92 Å². The molecule has 0 spiro atoms. The summed E-state index contributed by atoms with van der Waals surface area (Å²) in [5.74, 6) is -1.92. The Morgan fingerprint density at radius 1 is 1.17 bits per heavy atom. The average molecular weight is 408 g/mol. The Morgan fingerprint density at radius 3 is 2.48 bits per heavy atom. The van der Waals surface area contributed by atoms with E-state index in [2.05, 4.69) is 0 Å². The van der Waals surface area contributed by atoms with Crippen LogP contribution < -0.4 is 4.74 Å². The second-order valence-electron chi connectivity index (χ2n) is 6.44. The van der Waals surface area contributed by atoms with Crippen molar-refractivity contribution in [1.29, 1.82) is 0 Å². The van der Waals surface area contributed by atoms with E-state index in [0.29, 0.717) is 17.5 Å². The number of hydrogen-bond acceptors (Lipinski definition) is 7. The average Bonchev–Trinajstić information content (AvgIpc) is 2.70. The fraction of sp³-hybridized carbons (Fsp3) is 0.381. The fourth-order valence-corrected chi connectivity index (χ4v) is 3.07. The molecule has 29 heavy (non-hydrogen) atoms. The number of ketones is 1. The van der Waals surface area contributed by atoms with Gasteiger partial charge in [0.1, 0.15) is 17.6 Å². The van der Waals surface area contributed by atoms with Gasteiger partial charge in [0, 0.05) is 11.6 Å². The molecule has 0 saturated carbocycles. The van der Waals surface area contributed by atoms with Gasteiger partial charge in [-0.2, -0.15) is 0 Å². The number of phenols is 2. The van der Waals surface area contributed by atoms with Gasteiger partial charge in [-0.25, -0.2) is 4.39 Å². The third kappa shape index (κ3) is 5.23. The number of methoxy groups -OCH3 is 1. The number of aromatic hydroxyl groups is 2. The van der Waals surface area contributed by atoms with Crippen molar-refractivity contribution < 1.29 is 39.1 Å². The van der Waals surface area contributed by atoms with Crippen molar-refractivity contribution in [3.8, 4) is 17.2 Å². The lowest BCUT2D eigenvalue weighted by molar-refractivity contribution is 0.00716. The van der Waals surface area contributed by atoms with E-state index < -0.39 is 30.1 Å². The van der Waals surface area contributed by atoms with Crippen molar-refractivity contribution in [2.75, 3.05) is 26.9 Å². The standard InChI is InChI=1S/C21H25FO7/c1-3-14-15(6-7-29-11-13(24)10-23)20(18(26)9-17(14)25)21(27)12-4-5-19(28-2)16(22)8-12/h4-5,8-9,13,23-26H,3,6-7,10-11H2,1-2H3. The molecule has 2 aromatic rings. The topological polar surface area (TPSA) is 116 Å². The largest absolute Gasteiger partial charge is 0.508 e. The monoisotopic (exact) mass is 408 g/mol. The maximum Gasteiger partial charge on any atom is 0.197 e. The molecule has 1 atom stereocenters. The summed E-state index contributed by atoms with van der Waals surface area (Å²) < 4.78 is 24.2. The van der Waals surface area contributed by atoms with Gasteiger partial charge in [-0.05, 0) is 42.2 Å². The Bertz CT molecular complexity index is 867. The van der Waals surface area contributed by atoms with Crippen molar-refractivity contribution in [3.63, 3.8) is 0 Å². The van der Waals surface area contributed by atoms with Crippen molar-refractivity contribution in [3.05, 3.63) is 52.3 Å². The Kier molecular flexibility index (Phi) is 7.95. The van der Waals surface area contributed by atoms with Gasteiger partial charge in [-0.15, -0.1) is 0 Å². The summed E-state index contributed by atoms with van der Waals surface area (Å²) in [6.45, 7) is 1.31. The van der Waals surface area contributed by atoms with Gasteiger partial charge < -0.3 is 29.9 Å². The number of carbonyl (C=O) groups excluding carboxylic acids is 1. The number of halogens is 1. The van der Waals surface area contributed by atoms with Crippen LogP contribution in [0.2, 0.25) is 0 Å². The van der Waals surface area contributed by atoms with Gasteiger partial charge in [0.25, 0.3) is 0 Å². The number of ether oxygens (including phenoxy) is 2. The Morgan fingerprint density at radius 2 is 1.90 bits per heavy atom. The SMILES string of the molecule is CCc1c(O)cc(O)c(C(=O)c2ccc(OC)c(F)c2)c1CCOCC(O)CO. The molecular weight excluding hydrogens is 383 g/mol. The van der Waals surface area contributed by atoms with E-state index >= 15 is 0 Å². The molecule has 8 heteroatoms. The van der Waals surface area contributed by atoms with Gasteiger partial charge in [0.2, 0.25) is 0 Å². The first-order chi connectivity index (χ1) is 13.8. The van der Waals surface area contributed by atoms with Crippen LogP contribution in [0.25, 0.3) is 0 Å². The van der Waals surface area contributed by atoms with E-state index in [9.17, 15) is 24.5 Å². The summed E-state index contributed by atoms with van der Waals surface area (Å²) in [7, 11) is 1.31. The maximum absolute atomic E-state index is 14.1. The molecule has 0 heterocycles. The quantitative estimate of drug-likeness (QED) is 0.351. The van der Waals surface area contributed by atoms with Crippen molar-refractivity contribution in [2.24, 2.45) is 0 Å². The van der Waals surface area contributed by atoms with Gasteiger partial charge in [0.05, 0.1) is 32.5 Å². The second-order valence-corrected chi connectivity index (χ2v) is 6.44. The van der Waals surface area contributed by atoms with Crippen LogP contribution in [0.1, 0.15) is 34.0 Å². The second kappa shape index (κ2) is 10.2. The van der Waals surface area contributed by atoms with Crippen LogP contribution in [0.5, 0.6) is 17.2 Å². The highest BCUT2D eigenvalue weighted by atomic mass is 19.1. The molecule has 0 amide bonds. The molecule has 0 aliphatic rings. The third-order valence-electron chi connectivity index (χ3n) is 4.52. The first kappa shape index (κ1) is 22.6. The van der Waals surface area contributed by atoms with Crippen LogP contribution in [-0.4, -0.2) is 59.2 Å². The fourth-order valence-electron chi connectivity index (χ4n) is 3.07. The Balaban J connectivity index is 2.41. The number of aliphatic hydroxyl groups is 2. The zero-order chi connectivity index (χ0) is 21.6.